The molecule has 0 saturated heterocycles. The van der Waals surface area contributed by atoms with E-state index >= 15 is 0 Å². The van der Waals surface area contributed by atoms with Gasteiger partial charge in [-0.1, -0.05) is 12.1 Å². The first-order valence-electron chi connectivity index (χ1n) is 7.05. The molecule has 6 nitrogen and oxygen atoms in total. The summed E-state index contributed by atoms with van der Waals surface area (Å²) in [5, 5.41) is 0. The Balaban J connectivity index is 2.33. The van der Waals surface area contributed by atoms with Gasteiger partial charge >= 0.3 is 31.3 Å². The van der Waals surface area contributed by atoms with Crippen LogP contribution in [0.25, 0.3) is 11.1 Å². The summed E-state index contributed by atoms with van der Waals surface area (Å²) in [5.41, 5.74) is -10.7. The van der Waals surface area contributed by atoms with E-state index in [4.69, 9.17) is 0 Å². The molecule has 0 radical (unpaired) electrons. The summed E-state index contributed by atoms with van der Waals surface area (Å²) in [4.78, 5) is 0. The molecule has 30 heavy (non-hydrogen) atoms. The van der Waals surface area contributed by atoms with Crippen LogP contribution in [0.15, 0.2) is 45.3 Å². The molecule has 0 spiro atoms. The van der Waals surface area contributed by atoms with Crippen molar-refractivity contribution in [2.45, 2.75) is 11.0 Å². The zero-order valence-corrected chi connectivity index (χ0v) is 18.6. The number of alkyl halides is 6. The molecular formula is C14H6Br2F6O6S2. The molecule has 0 aliphatic carbocycles. The van der Waals surface area contributed by atoms with Crippen molar-refractivity contribution in [1.82, 2.24) is 0 Å². The van der Waals surface area contributed by atoms with Gasteiger partial charge in [0.15, 0.2) is 11.5 Å². The number of hydrogen-bond acceptors (Lipinski definition) is 6. The van der Waals surface area contributed by atoms with E-state index in [1.54, 1.807) is 0 Å². The van der Waals surface area contributed by atoms with E-state index in [0.29, 0.717) is 0 Å². The average molecular weight is 608 g/mol. The van der Waals surface area contributed by atoms with Crippen LogP contribution in [-0.4, -0.2) is 27.9 Å². The van der Waals surface area contributed by atoms with Gasteiger partial charge in [0.25, 0.3) is 0 Å². The molecular weight excluding hydrogens is 602 g/mol. The Kier molecular flexibility index (Phi) is 6.76. The first kappa shape index (κ1) is 24.7. The average Bonchev–Trinajstić information content (AvgIpc) is 2.56. The molecule has 0 bridgehead atoms. The van der Waals surface area contributed by atoms with E-state index in [2.05, 4.69) is 40.2 Å². The first-order chi connectivity index (χ1) is 13.4. The van der Waals surface area contributed by atoms with Gasteiger partial charge in [0.1, 0.15) is 0 Å². The van der Waals surface area contributed by atoms with E-state index in [1.165, 1.54) is 24.3 Å². The van der Waals surface area contributed by atoms with Gasteiger partial charge < -0.3 is 8.37 Å². The standard InChI is InChI=1S/C14H6Br2F6O6S2/c15-9-5-7(1-3-11(9)27-29(23,24)13(17,18)19)8-2-4-12(10(16)6-8)28-30(25,26)14(20,21)22/h1-6H. The third-order valence-corrected chi connectivity index (χ3v) is 6.33. The van der Waals surface area contributed by atoms with E-state index in [9.17, 15) is 43.2 Å². The predicted molar refractivity (Wildman–Crippen MR) is 98.5 cm³/mol. The van der Waals surface area contributed by atoms with E-state index in [-0.39, 0.29) is 20.1 Å². The largest absolute Gasteiger partial charge is 0.534 e. The molecule has 0 aliphatic rings. The first-order valence-corrected chi connectivity index (χ1v) is 11.5. The maximum Gasteiger partial charge on any atom is 0.534 e. The second-order valence-corrected chi connectivity index (χ2v) is 10.0. The number of hydrogen-bond donors (Lipinski definition) is 0. The summed E-state index contributed by atoms with van der Waals surface area (Å²) in [6.45, 7) is 0. The van der Waals surface area contributed by atoms with Crippen LogP contribution in [0.1, 0.15) is 0 Å². The maximum absolute atomic E-state index is 12.4. The van der Waals surface area contributed by atoms with Gasteiger partial charge in [0, 0.05) is 0 Å². The van der Waals surface area contributed by atoms with Crippen molar-refractivity contribution < 1.29 is 51.5 Å². The van der Waals surface area contributed by atoms with Gasteiger partial charge in [-0.2, -0.15) is 43.2 Å². The van der Waals surface area contributed by atoms with Crippen LogP contribution in [0.2, 0.25) is 0 Å². The van der Waals surface area contributed by atoms with Crippen molar-refractivity contribution in [1.29, 1.82) is 0 Å². The normalized spacial score (nSPS) is 13.2. The van der Waals surface area contributed by atoms with Crippen LogP contribution < -0.4 is 8.37 Å². The summed E-state index contributed by atoms with van der Waals surface area (Å²) in [6.07, 6.45) is 0. The van der Waals surface area contributed by atoms with Crippen LogP contribution in [0.5, 0.6) is 11.5 Å². The third kappa shape index (κ3) is 5.39. The minimum atomic E-state index is -5.90. The summed E-state index contributed by atoms with van der Waals surface area (Å²) in [6, 6.07) is 6.51. The molecule has 0 N–H and O–H groups in total. The molecule has 16 heteroatoms. The van der Waals surface area contributed by atoms with E-state index < -0.39 is 42.8 Å². The summed E-state index contributed by atoms with van der Waals surface area (Å²) in [7, 11) is -11.8. The number of halogens is 8. The molecule has 166 valence electrons. The van der Waals surface area contributed by atoms with Gasteiger partial charge in [-0.15, -0.1) is 0 Å². The lowest BCUT2D eigenvalue weighted by Gasteiger charge is -2.13. The van der Waals surface area contributed by atoms with Crippen molar-refractivity contribution in [3.63, 3.8) is 0 Å². The predicted octanol–water partition coefficient (Wildman–Crippen LogP) is 5.34. The summed E-state index contributed by atoms with van der Waals surface area (Å²) >= 11 is 5.72. The Morgan fingerprint density at radius 1 is 0.633 bits per heavy atom. The molecule has 0 aromatic heterocycles. The van der Waals surface area contributed by atoms with Crippen LogP contribution in [0.3, 0.4) is 0 Å². The van der Waals surface area contributed by atoms with Gasteiger partial charge in [0.05, 0.1) is 8.95 Å². The Morgan fingerprint density at radius 2 is 0.933 bits per heavy atom. The van der Waals surface area contributed by atoms with Gasteiger partial charge in [-0.25, -0.2) is 0 Å². The topological polar surface area (TPSA) is 86.7 Å². The Bertz CT molecular complexity index is 1080. The monoisotopic (exact) mass is 606 g/mol. The Morgan fingerprint density at radius 3 is 1.17 bits per heavy atom. The van der Waals surface area contributed by atoms with Crippen molar-refractivity contribution in [3.8, 4) is 22.6 Å². The second kappa shape index (κ2) is 8.20. The molecule has 0 heterocycles. The van der Waals surface area contributed by atoms with Crippen LogP contribution >= 0.6 is 31.9 Å². The van der Waals surface area contributed by atoms with Crippen molar-refractivity contribution >= 4 is 52.1 Å². The van der Waals surface area contributed by atoms with E-state index in [1.807, 2.05) is 0 Å². The zero-order valence-electron chi connectivity index (χ0n) is 13.8. The SMILES string of the molecule is O=S(=O)(Oc1ccc(-c2ccc(OS(=O)(=O)C(F)(F)F)c(Br)c2)cc1Br)C(F)(F)F. The lowest BCUT2D eigenvalue weighted by atomic mass is 10.1. The molecule has 2 aromatic rings. The van der Waals surface area contributed by atoms with Crippen molar-refractivity contribution in [2.75, 3.05) is 0 Å². The fraction of sp³-hybridized carbons (Fsp3) is 0.143. The smallest absolute Gasteiger partial charge is 0.375 e. The highest BCUT2D eigenvalue weighted by atomic mass is 79.9. The molecule has 0 atom stereocenters. The molecule has 0 unspecified atom stereocenters. The molecule has 0 saturated carbocycles. The van der Waals surface area contributed by atoms with Gasteiger partial charge in [-0.05, 0) is 67.3 Å². The molecule has 0 fully saturated rings. The highest BCUT2D eigenvalue weighted by molar-refractivity contribution is 9.11. The summed E-state index contributed by atoms with van der Waals surface area (Å²) in [5.74, 6) is -1.32. The van der Waals surface area contributed by atoms with E-state index in [0.717, 1.165) is 12.1 Å². The molecule has 2 aromatic carbocycles. The molecule has 2 rings (SSSR count). The van der Waals surface area contributed by atoms with Crippen molar-refractivity contribution in [2.24, 2.45) is 0 Å². The molecule has 0 amide bonds. The third-order valence-electron chi connectivity index (χ3n) is 3.16. The Hall–Kier alpha value is -1.52. The highest BCUT2D eigenvalue weighted by Gasteiger charge is 2.49. The lowest BCUT2D eigenvalue weighted by Crippen LogP contribution is -2.28. The molecule has 0 aliphatic heterocycles. The van der Waals surface area contributed by atoms with Crippen LogP contribution in [-0.2, 0) is 20.2 Å². The van der Waals surface area contributed by atoms with Crippen LogP contribution in [0, 0.1) is 0 Å². The fourth-order valence-electron chi connectivity index (χ4n) is 1.83. The second-order valence-electron chi connectivity index (χ2n) is 5.26. The fourth-order valence-corrected chi connectivity index (χ4v) is 3.91. The number of benzene rings is 2. The summed E-state index contributed by atoms with van der Waals surface area (Å²) < 4.78 is 126. The van der Waals surface area contributed by atoms with Crippen molar-refractivity contribution in [3.05, 3.63) is 45.3 Å². The van der Waals surface area contributed by atoms with Gasteiger partial charge in [0.2, 0.25) is 0 Å². The minimum Gasteiger partial charge on any atom is -0.375 e. The maximum atomic E-state index is 12.4. The quantitative estimate of drug-likeness (QED) is 0.259. The van der Waals surface area contributed by atoms with Gasteiger partial charge in [-0.3, -0.25) is 0 Å². The minimum absolute atomic E-state index is 0.177. The lowest BCUT2D eigenvalue weighted by molar-refractivity contribution is -0.0505. The highest BCUT2D eigenvalue weighted by Crippen LogP contribution is 2.37. The zero-order chi connectivity index (χ0) is 23.1. The van der Waals surface area contributed by atoms with Crippen LogP contribution in [0.4, 0.5) is 26.3 Å². The Labute approximate surface area is 182 Å². The number of rotatable bonds is 5.